The Morgan fingerprint density at radius 2 is 2.41 bits per heavy atom. The number of aromatic nitrogens is 2. The molecular formula is C12H18BrN3O. The second kappa shape index (κ2) is 5.78. The molecule has 1 aromatic rings. The topological polar surface area (TPSA) is 46.9 Å². The van der Waals surface area contributed by atoms with Crippen molar-refractivity contribution in [2.75, 3.05) is 6.54 Å². The number of piperidine rings is 1. The first-order valence-corrected chi connectivity index (χ1v) is 6.93. The molecule has 0 amide bonds. The normalized spacial score (nSPS) is 20.5. The van der Waals surface area contributed by atoms with Gasteiger partial charge in [0.05, 0.1) is 0 Å². The molecule has 1 fully saturated rings. The van der Waals surface area contributed by atoms with E-state index in [4.69, 9.17) is 0 Å². The van der Waals surface area contributed by atoms with Crippen molar-refractivity contribution in [3.63, 3.8) is 0 Å². The molecule has 2 heterocycles. The van der Waals surface area contributed by atoms with Crippen molar-refractivity contribution in [3.05, 3.63) is 26.8 Å². The van der Waals surface area contributed by atoms with E-state index in [2.05, 4.69) is 26.2 Å². The predicted molar refractivity (Wildman–Crippen MR) is 71.2 cm³/mol. The lowest BCUT2D eigenvalue weighted by Crippen LogP contribution is -2.36. The molecule has 0 bridgehead atoms. The van der Waals surface area contributed by atoms with Gasteiger partial charge < -0.3 is 5.32 Å². The van der Waals surface area contributed by atoms with Gasteiger partial charge in [-0.25, -0.2) is 4.98 Å². The van der Waals surface area contributed by atoms with E-state index in [-0.39, 0.29) is 5.56 Å². The molecule has 5 heteroatoms. The Balaban J connectivity index is 2.03. The van der Waals surface area contributed by atoms with Crippen LogP contribution in [0.25, 0.3) is 0 Å². The van der Waals surface area contributed by atoms with E-state index in [1.54, 1.807) is 10.8 Å². The number of halogens is 1. The zero-order valence-corrected chi connectivity index (χ0v) is 11.7. The number of nitrogens with one attached hydrogen (secondary N) is 1. The molecule has 0 aromatic carbocycles. The van der Waals surface area contributed by atoms with Gasteiger partial charge in [0.15, 0.2) is 0 Å². The van der Waals surface area contributed by atoms with E-state index in [0.717, 1.165) is 25.3 Å². The van der Waals surface area contributed by atoms with E-state index in [9.17, 15) is 4.79 Å². The van der Waals surface area contributed by atoms with Crippen LogP contribution in [0.1, 0.15) is 31.5 Å². The van der Waals surface area contributed by atoms with E-state index in [1.165, 1.54) is 19.3 Å². The Labute approximate surface area is 110 Å². The van der Waals surface area contributed by atoms with Crippen molar-refractivity contribution in [3.8, 4) is 0 Å². The van der Waals surface area contributed by atoms with Crippen LogP contribution in [0.5, 0.6) is 0 Å². The summed E-state index contributed by atoms with van der Waals surface area (Å²) in [6, 6.07) is 0.550. The summed E-state index contributed by atoms with van der Waals surface area (Å²) in [7, 11) is 0. The van der Waals surface area contributed by atoms with Crippen LogP contribution < -0.4 is 10.9 Å². The molecule has 1 atom stereocenters. The molecule has 1 N–H and O–H groups in total. The van der Waals surface area contributed by atoms with E-state index < -0.39 is 0 Å². The maximum atomic E-state index is 11.9. The maximum absolute atomic E-state index is 11.9. The highest BCUT2D eigenvalue weighted by Gasteiger charge is 2.13. The summed E-state index contributed by atoms with van der Waals surface area (Å²) in [5.74, 6) is 0.786. The number of rotatable bonds is 3. The first-order valence-electron chi connectivity index (χ1n) is 6.14. The van der Waals surface area contributed by atoms with E-state index >= 15 is 0 Å². The summed E-state index contributed by atoms with van der Waals surface area (Å²) in [4.78, 5) is 16.1. The lowest BCUT2D eigenvalue weighted by molar-refractivity contribution is 0.362. The fraction of sp³-hybridized carbons (Fsp3) is 0.667. The van der Waals surface area contributed by atoms with Gasteiger partial charge in [0.25, 0.3) is 5.56 Å². The van der Waals surface area contributed by atoms with Crippen LogP contribution in [-0.4, -0.2) is 22.1 Å². The zero-order valence-electron chi connectivity index (χ0n) is 10.1. The van der Waals surface area contributed by atoms with Gasteiger partial charge in [0.2, 0.25) is 0 Å². The fourth-order valence-corrected chi connectivity index (χ4v) is 2.59. The van der Waals surface area contributed by atoms with Crippen LogP contribution in [0.2, 0.25) is 0 Å². The van der Waals surface area contributed by atoms with Gasteiger partial charge in [-0.3, -0.25) is 9.36 Å². The summed E-state index contributed by atoms with van der Waals surface area (Å²) in [6.45, 7) is 3.73. The first kappa shape index (κ1) is 12.8. The Bertz CT molecular complexity index is 438. The molecule has 0 saturated carbocycles. The van der Waals surface area contributed by atoms with Crippen molar-refractivity contribution in [1.82, 2.24) is 14.9 Å². The summed E-state index contributed by atoms with van der Waals surface area (Å²) in [5.41, 5.74) is 0.0216. The summed E-state index contributed by atoms with van der Waals surface area (Å²) >= 11 is 3.23. The van der Waals surface area contributed by atoms with Crippen LogP contribution in [-0.2, 0) is 6.54 Å². The van der Waals surface area contributed by atoms with Crippen LogP contribution in [0, 0.1) is 6.92 Å². The molecule has 17 heavy (non-hydrogen) atoms. The number of nitrogens with zero attached hydrogens (tertiary/aromatic N) is 2. The predicted octanol–water partition coefficient (Wildman–Crippen LogP) is 1.85. The van der Waals surface area contributed by atoms with Gasteiger partial charge in [0, 0.05) is 18.8 Å². The number of aryl methyl sites for hydroxylation is 1. The minimum Gasteiger partial charge on any atom is -0.314 e. The number of hydrogen-bond acceptors (Lipinski definition) is 3. The fourth-order valence-electron chi connectivity index (χ4n) is 2.27. The van der Waals surface area contributed by atoms with E-state index in [0.29, 0.717) is 10.5 Å². The highest BCUT2D eigenvalue weighted by Crippen LogP contribution is 2.11. The molecule has 0 radical (unpaired) electrons. The van der Waals surface area contributed by atoms with Crippen molar-refractivity contribution in [2.45, 2.75) is 45.2 Å². The average Bonchev–Trinajstić information content (AvgIpc) is 2.35. The smallest absolute Gasteiger partial charge is 0.267 e. The first-order chi connectivity index (χ1) is 8.18. The summed E-state index contributed by atoms with van der Waals surface area (Å²) in [5, 5.41) is 3.50. The van der Waals surface area contributed by atoms with Gasteiger partial charge in [-0.1, -0.05) is 6.42 Å². The second-order valence-electron chi connectivity index (χ2n) is 4.55. The van der Waals surface area contributed by atoms with Gasteiger partial charge in [-0.05, 0) is 48.7 Å². The molecule has 2 rings (SSSR count). The van der Waals surface area contributed by atoms with Gasteiger partial charge in [-0.2, -0.15) is 0 Å². The van der Waals surface area contributed by atoms with Gasteiger partial charge in [-0.15, -0.1) is 0 Å². The minimum absolute atomic E-state index is 0.0216. The third-order valence-corrected chi connectivity index (χ3v) is 3.86. The van der Waals surface area contributed by atoms with Gasteiger partial charge >= 0.3 is 0 Å². The van der Waals surface area contributed by atoms with Crippen LogP contribution >= 0.6 is 15.9 Å². The highest BCUT2D eigenvalue weighted by atomic mass is 79.9. The van der Waals surface area contributed by atoms with Crippen molar-refractivity contribution >= 4 is 15.9 Å². The summed E-state index contributed by atoms with van der Waals surface area (Å²) < 4.78 is 2.29. The van der Waals surface area contributed by atoms with Crippen molar-refractivity contribution in [2.24, 2.45) is 0 Å². The van der Waals surface area contributed by atoms with Crippen molar-refractivity contribution in [1.29, 1.82) is 0 Å². The molecule has 1 aliphatic heterocycles. The minimum atomic E-state index is 0.0216. The quantitative estimate of drug-likeness (QED) is 0.926. The molecule has 4 nitrogen and oxygen atoms in total. The second-order valence-corrected chi connectivity index (χ2v) is 5.40. The Morgan fingerprint density at radius 1 is 1.59 bits per heavy atom. The molecule has 1 aliphatic rings. The number of hydrogen-bond donors (Lipinski definition) is 1. The van der Waals surface area contributed by atoms with E-state index in [1.807, 2.05) is 6.92 Å². The molecule has 94 valence electrons. The summed E-state index contributed by atoms with van der Waals surface area (Å²) in [6.07, 6.45) is 6.36. The lowest BCUT2D eigenvalue weighted by Gasteiger charge is -2.23. The maximum Gasteiger partial charge on any atom is 0.267 e. The molecule has 1 aromatic heterocycles. The molecule has 0 aliphatic carbocycles. The molecule has 0 spiro atoms. The highest BCUT2D eigenvalue weighted by molar-refractivity contribution is 9.10. The lowest BCUT2D eigenvalue weighted by atomic mass is 10.0. The molecule has 1 saturated heterocycles. The molecular weight excluding hydrogens is 282 g/mol. The molecule has 1 unspecified atom stereocenters. The standard InChI is InChI=1S/C12H18BrN3O/c1-9-15-8-11(13)12(17)16(9)7-5-10-4-2-3-6-14-10/h8,10,14H,2-7H2,1H3. The Hall–Kier alpha value is -0.680. The Morgan fingerprint density at radius 3 is 3.12 bits per heavy atom. The SMILES string of the molecule is Cc1ncc(Br)c(=O)n1CCC1CCCCN1. The zero-order chi connectivity index (χ0) is 12.3. The van der Waals surface area contributed by atoms with Crippen LogP contribution in [0.4, 0.5) is 0 Å². The van der Waals surface area contributed by atoms with Crippen LogP contribution in [0.3, 0.4) is 0 Å². The largest absolute Gasteiger partial charge is 0.314 e. The average molecular weight is 300 g/mol. The Kier molecular flexibility index (Phi) is 4.34. The third kappa shape index (κ3) is 3.16. The third-order valence-electron chi connectivity index (χ3n) is 3.32. The van der Waals surface area contributed by atoms with Gasteiger partial charge in [0.1, 0.15) is 10.3 Å². The van der Waals surface area contributed by atoms with Crippen LogP contribution in [0.15, 0.2) is 15.5 Å². The van der Waals surface area contributed by atoms with Crippen molar-refractivity contribution < 1.29 is 0 Å². The monoisotopic (exact) mass is 299 g/mol.